The third-order valence-corrected chi connectivity index (χ3v) is 6.13. The molecule has 0 atom stereocenters. The second-order valence-corrected chi connectivity index (χ2v) is 8.09. The van der Waals surface area contributed by atoms with Crippen molar-refractivity contribution in [2.75, 3.05) is 31.1 Å². The summed E-state index contributed by atoms with van der Waals surface area (Å²) in [6.07, 6.45) is 0. The van der Waals surface area contributed by atoms with E-state index in [0.717, 1.165) is 43.1 Å². The number of piperazine rings is 1. The summed E-state index contributed by atoms with van der Waals surface area (Å²) in [6, 6.07) is 16.5. The average Bonchev–Trinajstić information content (AvgIpc) is 2.94. The van der Waals surface area contributed by atoms with Crippen molar-refractivity contribution in [1.29, 1.82) is 0 Å². The summed E-state index contributed by atoms with van der Waals surface area (Å²) < 4.78 is 3.75. The summed E-state index contributed by atoms with van der Waals surface area (Å²) >= 11 is 0. The van der Waals surface area contributed by atoms with Crippen molar-refractivity contribution in [2.45, 2.75) is 27.3 Å². The Balaban J connectivity index is 1.50. The number of hydrogen-bond acceptors (Lipinski definition) is 3. The van der Waals surface area contributed by atoms with Gasteiger partial charge in [0.2, 0.25) is 0 Å². The van der Waals surface area contributed by atoms with Gasteiger partial charge in [-0.3, -0.25) is 14.4 Å². The van der Waals surface area contributed by atoms with Gasteiger partial charge < -0.3 is 4.90 Å². The minimum atomic E-state index is 0.0909. The van der Waals surface area contributed by atoms with Crippen LogP contribution in [-0.4, -0.2) is 40.4 Å². The molecule has 0 bridgehead atoms. The monoisotopic (exact) mass is 390 g/mol. The lowest BCUT2D eigenvalue weighted by Crippen LogP contribution is -2.46. The molecule has 0 aliphatic carbocycles. The van der Waals surface area contributed by atoms with Gasteiger partial charge >= 0.3 is 0 Å². The van der Waals surface area contributed by atoms with Gasteiger partial charge in [0.25, 0.3) is 5.56 Å². The molecular formula is C24H30N4O. The van der Waals surface area contributed by atoms with E-state index in [0.29, 0.717) is 6.54 Å². The summed E-state index contributed by atoms with van der Waals surface area (Å²) in [5.41, 5.74) is 6.91. The summed E-state index contributed by atoms with van der Waals surface area (Å²) in [5.74, 6) is 0. The Labute approximate surface area is 172 Å². The third-order valence-electron chi connectivity index (χ3n) is 6.13. The topological polar surface area (TPSA) is 33.4 Å². The molecule has 0 N–H and O–H groups in total. The van der Waals surface area contributed by atoms with Gasteiger partial charge in [0.15, 0.2) is 0 Å². The van der Waals surface area contributed by atoms with E-state index in [9.17, 15) is 4.79 Å². The van der Waals surface area contributed by atoms with Crippen molar-refractivity contribution in [3.63, 3.8) is 0 Å². The number of para-hydroxylation sites is 1. The molecule has 29 heavy (non-hydrogen) atoms. The van der Waals surface area contributed by atoms with Gasteiger partial charge in [0, 0.05) is 51.2 Å². The first-order valence-corrected chi connectivity index (χ1v) is 10.3. The zero-order valence-electron chi connectivity index (χ0n) is 17.9. The molecule has 4 rings (SSSR count). The lowest BCUT2D eigenvalue weighted by Gasteiger charge is -2.36. The lowest BCUT2D eigenvalue weighted by molar-refractivity contribution is 0.248. The van der Waals surface area contributed by atoms with E-state index < -0.39 is 0 Å². The highest BCUT2D eigenvalue weighted by Crippen LogP contribution is 2.23. The number of aryl methyl sites for hydroxylation is 2. The number of benzene rings is 2. The first-order chi connectivity index (χ1) is 14.0. The molecule has 1 fully saturated rings. The van der Waals surface area contributed by atoms with Crippen LogP contribution in [0.2, 0.25) is 0 Å². The van der Waals surface area contributed by atoms with Gasteiger partial charge in [-0.1, -0.05) is 30.3 Å². The molecule has 3 aromatic rings. The Kier molecular flexibility index (Phi) is 5.33. The second kappa shape index (κ2) is 7.91. The zero-order chi connectivity index (χ0) is 20.5. The van der Waals surface area contributed by atoms with Crippen molar-refractivity contribution in [2.24, 2.45) is 7.05 Å². The average molecular weight is 391 g/mol. The molecule has 2 aromatic carbocycles. The van der Waals surface area contributed by atoms with Crippen LogP contribution >= 0.6 is 0 Å². The lowest BCUT2D eigenvalue weighted by atomic mass is 10.1. The SMILES string of the molecule is Cc1ccc(C)c(N2CCN(Cc3c(C)n(C)n(-c4ccccc4)c3=O)CC2)c1. The maximum Gasteiger partial charge on any atom is 0.276 e. The molecule has 0 spiro atoms. The largest absolute Gasteiger partial charge is 0.369 e. The molecule has 5 nitrogen and oxygen atoms in total. The first-order valence-electron chi connectivity index (χ1n) is 10.3. The Morgan fingerprint density at radius 3 is 2.28 bits per heavy atom. The van der Waals surface area contributed by atoms with Crippen molar-refractivity contribution < 1.29 is 0 Å². The molecule has 1 aliphatic rings. The van der Waals surface area contributed by atoms with Crippen molar-refractivity contribution in [1.82, 2.24) is 14.3 Å². The minimum absolute atomic E-state index is 0.0909. The highest BCUT2D eigenvalue weighted by Gasteiger charge is 2.22. The van der Waals surface area contributed by atoms with Gasteiger partial charge in [-0.05, 0) is 50.1 Å². The third kappa shape index (κ3) is 3.75. The van der Waals surface area contributed by atoms with E-state index in [1.807, 2.05) is 49.0 Å². The van der Waals surface area contributed by atoms with Crippen LogP contribution in [0, 0.1) is 20.8 Å². The number of nitrogens with zero attached hydrogens (tertiary/aromatic N) is 4. The first kappa shape index (κ1) is 19.5. The van der Waals surface area contributed by atoms with Crippen LogP contribution in [0.1, 0.15) is 22.4 Å². The van der Waals surface area contributed by atoms with Crippen LogP contribution in [0.3, 0.4) is 0 Å². The molecule has 1 aromatic heterocycles. The van der Waals surface area contributed by atoms with Gasteiger partial charge in [-0.25, -0.2) is 4.68 Å². The van der Waals surface area contributed by atoms with Crippen LogP contribution in [-0.2, 0) is 13.6 Å². The van der Waals surface area contributed by atoms with Crippen molar-refractivity contribution in [3.8, 4) is 5.69 Å². The molecule has 0 amide bonds. The molecule has 1 aliphatic heterocycles. The standard InChI is InChI=1S/C24H30N4O/c1-18-10-11-19(2)23(16-18)27-14-12-26(13-15-27)17-22-20(3)25(4)28(24(22)29)21-8-6-5-7-9-21/h5-11,16H,12-15,17H2,1-4H3. The number of anilines is 1. The highest BCUT2D eigenvalue weighted by molar-refractivity contribution is 5.55. The smallest absolute Gasteiger partial charge is 0.276 e. The molecule has 0 saturated carbocycles. The summed E-state index contributed by atoms with van der Waals surface area (Å²) in [7, 11) is 1.96. The quantitative estimate of drug-likeness (QED) is 0.684. The van der Waals surface area contributed by atoms with Gasteiger partial charge in [-0.2, -0.15) is 0 Å². The molecule has 152 valence electrons. The number of hydrogen-bond donors (Lipinski definition) is 0. The van der Waals surface area contributed by atoms with Crippen molar-refractivity contribution >= 4 is 5.69 Å². The summed E-state index contributed by atoms with van der Waals surface area (Å²) in [6.45, 7) is 11.0. The van der Waals surface area contributed by atoms with E-state index in [1.165, 1.54) is 16.8 Å². The Bertz CT molecular complexity index is 1060. The zero-order valence-corrected chi connectivity index (χ0v) is 17.9. The fourth-order valence-electron chi connectivity index (χ4n) is 4.24. The van der Waals surface area contributed by atoms with E-state index >= 15 is 0 Å². The van der Waals surface area contributed by atoms with Crippen LogP contribution in [0.15, 0.2) is 53.3 Å². The number of rotatable bonds is 4. The van der Waals surface area contributed by atoms with Crippen LogP contribution in [0.5, 0.6) is 0 Å². The normalized spacial score (nSPS) is 15.1. The molecule has 5 heteroatoms. The minimum Gasteiger partial charge on any atom is -0.369 e. The molecule has 1 saturated heterocycles. The van der Waals surface area contributed by atoms with E-state index in [2.05, 4.69) is 41.8 Å². The van der Waals surface area contributed by atoms with Gasteiger partial charge in [-0.15, -0.1) is 0 Å². The van der Waals surface area contributed by atoms with Gasteiger partial charge in [0.1, 0.15) is 0 Å². The molecule has 0 radical (unpaired) electrons. The Morgan fingerprint density at radius 1 is 0.897 bits per heavy atom. The Morgan fingerprint density at radius 2 is 1.59 bits per heavy atom. The van der Waals surface area contributed by atoms with Crippen LogP contribution < -0.4 is 10.5 Å². The fraction of sp³-hybridized carbons (Fsp3) is 0.375. The summed E-state index contributed by atoms with van der Waals surface area (Å²) in [5, 5.41) is 0. The van der Waals surface area contributed by atoms with E-state index in [1.54, 1.807) is 4.68 Å². The van der Waals surface area contributed by atoms with E-state index in [4.69, 9.17) is 0 Å². The molecule has 2 heterocycles. The second-order valence-electron chi connectivity index (χ2n) is 8.09. The number of aromatic nitrogens is 2. The van der Waals surface area contributed by atoms with Crippen LogP contribution in [0.4, 0.5) is 5.69 Å². The van der Waals surface area contributed by atoms with Gasteiger partial charge in [0.05, 0.1) is 11.3 Å². The predicted molar refractivity (Wildman–Crippen MR) is 119 cm³/mol. The Hall–Kier alpha value is -2.79. The summed E-state index contributed by atoms with van der Waals surface area (Å²) in [4.78, 5) is 18.0. The molecular weight excluding hydrogens is 360 g/mol. The predicted octanol–water partition coefficient (Wildman–Crippen LogP) is 3.42. The van der Waals surface area contributed by atoms with Crippen LogP contribution in [0.25, 0.3) is 5.69 Å². The van der Waals surface area contributed by atoms with E-state index in [-0.39, 0.29) is 5.56 Å². The highest BCUT2D eigenvalue weighted by atomic mass is 16.1. The van der Waals surface area contributed by atoms with Crippen molar-refractivity contribution in [3.05, 3.63) is 81.3 Å². The maximum atomic E-state index is 13.2. The maximum absolute atomic E-state index is 13.2. The fourth-order valence-corrected chi connectivity index (χ4v) is 4.24. The molecule has 0 unspecified atom stereocenters.